The molecule has 2 rings (SSSR count). The topological polar surface area (TPSA) is 30.5 Å². The zero-order valence-corrected chi connectivity index (χ0v) is 8.89. The molecule has 0 spiro atoms. The molecule has 0 atom stereocenters. The van der Waals surface area contributed by atoms with Gasteiger partial charge in [0.1, 0.15) is 0 Å². The van der Waals surface area contributed by atoms with E-state index in [1.807, 2.05) is 12.1 Å². The average Bonchev–Trinajstić information content (AvgIpc) is 2.61. The Morgan fingerprint density at radius 3 is 2.86 bits per heavy atom. The second-order valence-electron chi connectivity index (χ2n) is 2.97. The zero-order valence-electron chi connectivity index (χ0n) is 8.08. The molecule has 0 unspecified atom stereocenters. The molecule has 0 aliphatic carbocycles. The standard InChI is InChI=1S/C10H13NO2.ClH/c1-2-11-6-8-3-4-9-10(5-8)13-7-12-9;/h3-5,11H,2,6-7H2,1H3;1H. The van der Waals surface area contributed by atoms with Gasteiger partial charge in [0.25, 0.3) is 0 Å². The lowest BCUT2D eigenvalue weighted by atomic mass is 10.2. The number of fused-ring (bicyclic) bond motifs is 1. The smallest absolute Gasteiger partial charge is 0.231 e. The van der Waals surface area contributed by atoms with Crippen LogP contribution in [0.15, 0.2) is 18.2 Å². The van der Waals surface area contributed by atoms with Crippen LogP contribution in [0.4, 0.5) is 0 Å². The monoisotopic (exact) mass is 215 g/mol. The third-order valence-electron chi connectivity index (χ3n) is 2.02. The van der Waals surface area contributed by atoms with Gasteiger partial charge in [-0.15, -0.1) is 12.4 Å². The predicted molar refractivity (Wildman–Crippen MR) is 57.2 cm³/mol. The van der Waals surface area contributed by atoms with E-state index < -0.39 is 0 Å². The van der Waals surface area contributed by atoms with Crippen LogP contribution >= 0.6 is 12.4 Å². The largest absolute Gasteiger partial charge is 0.454 e. The Balaban J connectivity index is 0.000000980. The fourth-order valence-corrected chi connectivity index (χ4v) is 1.32. The molecule has 0 fully saturated rings. The average molecular weight is 216 g/mol. The van der Waals surface area contributed by atoms with Crippen LogP contribution in [0.3, 0.4) is 0 Å². The maximum absolute atomic E-state index is 5.27. The van der Waals surface area contributed by atoms with Crippen molar-refractivity contribution in [3.05, 3.63) is 23.8 Å². The highest BCUT2D eigenvalue weighted by atomic mass is 35.5. The number of hydrogen-bond donors (Lipinski definition) is 1. The number of nitrogens with one attached hydrogen (secondary N) is 1. The van der Waals surface area contributed by atoms with Crippen LogP contribution in [0.2, 0.25) is 0 Å². The van der Waals surface area contributed by atoms with E-state index in [4.69, 9.17) is 9.47 Å². The normalized spacial score (nSPS) is 12.4. The van der Waals surface area contributed by atoms with E-state index >= 15 is 0 Å². The molecule has 1 heterocycles. The molecule has 0 saturated heterocycles. The van der Waals surface area contributed by atoms with E-state index in [-0.39, 0.29) is 12.4 Å². The first-order chi connectivity index (χ1) is 6.40. The van der Waals surface area contributed by atoms with Crippen LogP contribution in [0.25, 0.3) is 0 Å². The summed E-state index contributed by atoms with van der Waals surface area (Å²) in [6.45, 7) is 4.30. The summed E-state index contributed by atoms with van der Waals surface area (Å²) in [7, 11) is 0. The van der Waals surface area contributed by atoms with Gasteiger partial charge < -0.3 is 14.8 Å². The van der Waals surface area contributed by atoms with E-state index in [1.54, 1.807) is 0 Å². The van der Waals surface area contributed by atoms with Crippen molar-refractivity contribution in [3.8, 4) is 11.5 Å². The maximum atomic E-state index is 5.27. The van der Waals surface area contributed by atoms with Crippen LogP contribution in [-0.2, 0) is 6.54 Å². The van der Waals surface area contributed by atoms with Crippen LogP contribution in [0, 0.1) is 0 Å². The Morgan fingerprint density at radius 1 is 1.29 bits per heavy atom. The highest BCUT2D eigenvalue weighted by Crippen LogP contribution is 2.32. The molecule has 1 aliphatic heterocycles. The van der Waals surface area contributed by atoms with Gasteiger partial charge in [0, 0.05) is 6.54 Å². The first-order valence-electron chi connectivity index (χ1n) is 4.49. The summed E-state index contributed by atoms with van der Waals surface area (Å²) >= 11 is 0. The molecule has 1 N–H and O–H groups in total. The molecule has 4 heteroatoms. The fourth-order valence-electron chi connectivity index (χ4n) is 1.32. The van der Waals surface area contributed by atoms with Crippen molar-refractivity contribution in [1.29, 1.82) is 0 Å². The lowest BCUT2D eigenvalue weighted by Crippen LogP contribution is -2.11. The van der Waals surface area contributed by atoms with E-state index in [2.05, 4.69) is 18.3 Å². The van der Waals surface area contributed by atoms with Gasteiger partial charge in [-0.1, -0.05) is 13.0 Å². The summed E-state index contributed by atoms with van der Waals surface area (Å²) in [6, 6.07) is 6.02. The third-order valence-corrected chi connectivity index (χ3v) is 2.02. The summed E-state index contributed by atoms with van der Waals surface area (Å²) < 4.78 is 10.5. The maximum Gasteiger partial charge on any atom is 0.231 e. The summed E-state index contributed by atoms with van der Waals surface area (Å²) in [5.74, 6) is 1.70. The number of hydrogen-bond acceptors (Lipinski definition) is 3. The molecule has 0 amide bonds. The van der Waals surface area contributed by atoms with Crippen molar-refractivity contribution < 1.29 is 9.47 Å². The minimum Gasteiger partial charge on any atom is -0.454 e. The molecule has 78 valence electrons. The predicted octanol–water partition coefficient (Wildman–Crippen LogP) is 1.95. The number of halogens is 1. The SMILES string of the molecule is CCNCc1ccc2c(c1)OCO2.Cl. The van der Waals surface area contributed by atoms with Gasteiger partial charge in [-0.3, -0.25) is 0 Å². The molecule has 0 bridgehead atoms. The van der Waals surface area contributed by atoms with Crippen LogP contribution in [0.1, 0.15) is 12.5 Å². The lowest BCUT2D eigenvalue weighted by molar-refractivity contribution is 0.174. The van der Waals surface area contributed by atoms with Crippen LogP contribution in [0.5, 0.6) is 11.5 Å². The van der Waals surface area contributed by atoms with E-state index in [9.17, 15) is 0 Å². The highest BCUT2D eigenvalue weighted by molar-refractivity contribution is 5.85. The Labute approximate surface area is 89.8 Å². The molecular formula is C10H14ClNO2. The molecule has 0 aromatic heterocycles. The van der Waals surface area contributed by atoms with E-state index in [0.29, 0.717) is 6.79 Å². The van der Waals surface area contributed by atoms with Gasteiger partial charge in [0.05, 0.1) is 0 Å². The highest BCUT2D eigenvalue weighted by Gasteiger charge is 2.12. The third kappa shape index (κ3) is 2.30. The van der Waals surface area contributed by atoms with E-state index in [1.165, 1.54) is 5.56 Å². The Bertz CT molecular complexity index is 304. The first-order valence-corrected chi connectivity index (χ1v) is 4.49. The molecule has 1 aliphatic rings. The summed E-state index contributed by atoms with van der Waals surface area (Å²) in [6.07, 6.45) is 0. The van der Waals surface area contributed by atoms with Crippen molar-refractivity contribution in [2.45, 2.75) is 13.5 Å². The quantitative estimate of drug-likeness (QED) is 0.836. The van der Waals surface area contributed by atoms with Crippen LogP contribution < -0.4 is 14.8 Å². The number of rotatable bonds is 3. The Kier molecular flexibility index (Phi) is 4.04. The molecule has 1 aromatic carbocycles. The van der Waals surface area contributed by atoms with Gasteiger partial charge in [0.2, 0.25) is 6.79 Å². The molecule has 0 saturated carbocycles. The first kappa shape index (κ1) is 11.1. The van der Waals surface area contributed by atoms with Crippen molar-refractivity contribution in [2.24, 2.45) is 0 Å². The summed E-state index contributed by atoms with van der Waals surface area (Å²) in [5, 5.41) is 3.26. The van der Waals surface area contributed by atoms with Crippen molar-refractivity contribution >= 4 is 12.4 Å². The van der Waals surface area contributed by atoms with E-state index in [0.717, 1.165) is 24.6 Å². The fraction of sp³-hybridized carbons (Fsp3) is 0.400. The Hall–Kier alpha value is -0.930. The van der Waals surface area contributed by atoms with Gasteiger partial charge in [0.15, 0.2) is 11.5 Å². The summed E-state index contributed by atoms with van der Waals surface area (Å²) in [5.41, 5.74) is 1.23. The molecule has 14 heavy (non-hydrogen) atoms. The molecule has 0 radical (unpaired) electrons. The second kappa shape index (κ2) is 5.08. The second-order valence-corrected chi connectivity index (χ2v) is 2.97. The van der Waals surface area contributed by atoms with Gasteiger partial charge in [-0.05, 0) is 24.2 Å². The van der Waals surface area contributed by atoms with Crippen molar-refractivity contribution in [1.82, 2.24) is 5.32 Å². The zero-order chi connectivity index (χ0) is 9.10. The lowest BCUT2D eigenvalue weighted by Gasteiger charge is -2.02. The van der Waals surface area contributed by atoms with Crippen LogP contribution in [-0.4, -0.2) is 13.3 Å². The summed E-state index contributed by atoms with van der Waals surface area (Å²) in [4.78, 5) is 0. The van der Waals surface area contributed by atoms with Crippen molar-refractivity contribution in [2.75, 3.05) is 13.3 Å². The number of ether oxygens (including phenoxy) is 2. The van der Waals surface area contributed by atoms with Gasteiger partial charge >= 0.3 is 0 Å². The molecular weight excluding hydrogens is 202 g/mol. The van der Waals surface area contributed by atoms with Crippen molar-refractivity contribution in [3.63, 3.8) is 0 Å². The van der Waals surface area contributed by atoms with Gasteiger partial charge in [-0.25, -0.2) is 0 Å². The minimum absolute atomic E-state index is 0. The Morgan fingerprint density at radius 2 is 2.07 bits per heavy atom. The van der Waals surface area contributed by atoms with Gasteiger partial charge in [-0.2, -0.15) is 0 Å². The minimum atomic E-state index is 0. The molecule has 3 nitrogen and oxygen atoms in total. The number of benzene rings is 1. The molecule has 1 aromatic rings.